The highest BCUT2D eigenvalue weighted by atomic mass is 35.7. The molecule has 0 unspecified atom stereocenters. The largest absolute Gasteiger partial charge is 0.573 e. The van der Waals surface area contributed by atoms with Crippen LogP contribution >= 0.6 is 10.7 Å². The summed E-state index contributed by atoms with van der Waals surface area (Å²) in [4.78, 5) is 9.59. The molecule has 100 valence electrons. The minimum atomic E-state index is -5.17. The molecule has 0 fully saturated rings. The van der Waals surface area contributed by atoms with Gasteiger partial charge >= 0.3 is 12.3 Å². The second kappa shape index (κ2) is 4.65. The van der Waals surface area contributed by atoms with Gasteiger partial charge in [0.1, 0.15) is 10.6 Å². The molecule has 18 heavy (non-hydrogen) atoms. The van der Waals surface area contributed by atoms with Gasteiger partial charge in [0.2, 0.25) is 0 Å². The van der Waals surface area contributed by atoms with Crippen molar-refractivity contribution in [3.05, 3.63) is 23.8 Å². The van der Waals surface area contributed by atoms with Crippen molar-refractivity contribution in [2.45, 2.75) is 11.3 Å². The first kappa shape index (κ1) is 14.6. The first-order valence-corrected chi connectivity index (χ1v) is 6.39. The van der Waals surface area contributed by atoms with Crippen molar-refractivity contribution in [1.82, 2.24) is 0 Å². The number of benzene rings is 1. The predicted octanol–water partition coefficient (Wildman–Crippen LogP) is 2.21. The third-order valence-corrected chi connectivity index (χ3v) is 3.04. The highest BCUT2D eigenvalue weighted by Gasteiger charge is 2.34. The molecule has 5 nitrogen and oxygen atoms in total. The van der Waals surface area contributed by atoms with Gasteiger partial charge in [-0.15, -0.1) is 13.2 Å². The van der Waals surface area contributed by atoms with E-state index >= 15 is 0 Å². The second-order valence-electron chi connectivity index (χ2n) is 2.95. The van der Waals surface area contributed by atoms with Crippen molar-refractivity contribution in [3.63, 3.8) is 0 Å². The molecule has 0 aliphatic carbocycles. The Balaban J connectivity index is 3.41. The summed E-state index contributed by atoms with van der Waals surface area (Å²) in [5, 5.41) is 8.58. The van der Waals surface area contributed by atoms with E-state index < -0.39 is 37.6 Å². The van der Waals surface area contributed by atoms with Gasteiger partial charge in [0.05, 0.1) is 5.56 Å². The third-order valence-electron chi connectivity index (χ3n) is 1.68. The fraction of sp³-hybridized carbons (Fsp3) is 0.125. The molecule has 0 amide bonds. The van der Waals surface area contributed by atoms with Crippen LogP contribution in [0.4, 0.5) is 13.2 Å². The summed E-state index contributed by atoms with van der Waals surface area (Å²) in [6.07, 6.45) is -5.17. The van der Waals surface area contributed by atoms with E-state index in [-0.39, 0.29) is 0 Å². The van der Waals surface area contributed by atoms with Gasteiger partial charge in [-0.2, -0.15) is 0 Å². The predicted molar refractivity (Wildman–Crippen MR) is 53.1 cm³/mol. The number of hydrogen-bond donors (Lipinski definition) is 1. The molecular formula is C8H4ClF3O5S. The molecule has 0 aromatic heterocycles. The molecule has 1 rings (SSSR count). The Kier molecular flexibility index (Phi) is 3.77. The van der Waals surface area contributed by atoms with Gasteiger partial charge in [-0.05, 0) is 18.2 Å². The Bertz CT molecular complexity index is 581. The van der Waals surface area contributed by atoms with Crippen LogP contribution in [0.25, 0.3) is 0 Å². The lowest BCUT2D eigenvalue weighted by atomic mass is 10.2. The van der Waals surface area contributed by atoms with Gasteiger partial charge in [-0.3, -0.25) is 0 Å². The number of carboxylic acid groups (broad SMARTS) is 1. The zero-order valence-corrected chi connectivity index (χ0v) is 9.80. The molecule has 0 spiro atoms. The lowest BCUT2D eigenvalue weighted by Gasteiger charge is -2.12. The molecule has 0 saturated carbocycles. The highest BCUT2D eigenvalue weighted by Crippen LogP contribution is 2.32. The molecule has 0 aliphatic rings. The summed E-state index contributed by atoms with van der Waals surface area (Å²) in [6, 6.07) is 1.83. The summed E-state index contributed by atoms with van der Waals surface area (Å²) in [5.74, 6) is -2.74. The molecule has 1 aromatic carbocycles. The fourth-order valence-electron chi connectivity index (χ4n) is 1.05. The molecule has 10 heteroatoms. The van der Waals surface area contributed by atoms with Crippen LogP contribution in [-0.2, 0) is 9.05 Å². The summed E-state index contributed by atoms with van der Waals surface area (Å²) in [6.45, 7) is 0. The van der Waals surface area contributed by atoms with Crippen molar-refractivity contribution in [2.75, 3.05) is 0 Å². The van der Waals surface area contributed by atoms with Crippen molar-refractivity contribution in [3.8, 4) is 5.75 Å². The normalized spacial score (nSPS) is 12.2. The van der Waals surface area contributed by atoms with Gasteiger partial charge in [-0.1, -0.05) is 0 Å². The molecule has 0 aliphatic heterocycles. The Morgan fingerprint density at radius 1 is 1.33 bits per heavy atom. The highest BCUT2D eigenvalue weighted by molar-refractivity contribution is 8.13. The van der Waals surface area contributed by atoms with Crippen molar-refractivity contribution in [2.24, 2.45) is 0 Å². The Morgan fingerprint density at radius 3 is 2.28 bits per heavy atom. The monoisotopic (exact) mass is 304 g/mol. The molecule has 1 N–H and O–H groups in total. The van der Waals surface area contributed by atoms with E-state index in [2.05, 4.69) is 4.74 Å². The maximum absolute atomic E-state index is 12.0. The van der Waals surface area contributed by atoms with Crippen LogP contribution in [0.5, 0.6) is 5.75 Å². The number of halogens is 4. The minimum absolute atomic E-state index is 0.422. The summed E-state index contributed by atoms with van der Waals surface area (Å²) in [5.41, 5.74) is -0.571. The summed E-state index contributed by atoms with van der Waals surface area (Å²) >= 11 is 0. The van der Waals surface area contributed by atoms with Crippen molar-refractivity contribution in [1.29, 1.82) is 0 Å². The number of rotatable bonds is 3. The first-order chi connectivity index (χ1) is 8.00. The molecule has 0 atom stereocenters. The molecule has 0 radical (unpaired) electrons. The quantitative estimate of drug-likeness (QED) is 0.866. The SMILES string of the molecule is O=C(O)c1ccc(S(=O)(=O)Cl)c(OC(F)(F)F)c1. The molecule has 1 aromatic rings. The van der Waals surface area contributed by atoms with Crippen LogP contribution in [0.15, 0.2) is 23.1 Å². The van der Waals surface area contributed by atoms with Crippen LogP contribution < -0.4 is 4.74 Å². The lowest BCUT2D eigenvalue weighted by Crippen LogP contribution is -2.19. The van der Waals surface area contributed by atoms with Crippen LogP contribution in [0.1, 0.15) is 10.4 Å². The van der Waals surface area contributed by atoms with Gasteiger partial charge in [0.15, 0.2) is 0 Å². The van der Waals surface area contributed by atoms with Crippen molar-refractivity contribution >= 4 is 25.7 Å². The Morgan fingerprint density at radius 2 is 1.89 bits per heavy atom. The van der Waals surface area contributed by atoms with Crippen LogP contribution in [0, 0.1) is 0 Å². The van der Waals surface area contributed by atoms with E-state index in [4.69, 9.17) is 15.8 Å². The maximum atomic E-state index is 12.0. The zero-order chi connectivity index (χ0) is 14.1. The van der Waals surface area contributed by atoms with E-state index in [9.17, 15) is 26.4 Å². The van der Waals surface area contributed by atoms with Crippen LogP contribution in [0.2, 0.25) is 0 Å². The third kappa shape index (κ3) is 3.77. The topological polar surface area (TPSA) is 80.7 Å². The maximum Gasteiger partial charge on any atom is 0.573 e. The van der Waals surface area contributed by atoms with Gasteiger partial charge in [-0.25, -0.2) is 13.2 Å². The fourth-order valence-corrected chi connectivity index (χ4v) is 2.00. The van der Waals surface area contributed by atoms with E-state index in [0.717, 1.165) is 6.07 Å². The van der Waals surface area contributed by atoms with Crippen LogP contribution in [0.3, 0.4) is 0 Å². The molecule has 0 heterocycles. The van der Waals surface area contributed by atoms with Crippen LogP contribution in [-0.4, -0.2) is 25.9 Å². The van der Waals surface area contributed by atoms with Gasteiger partial charge in [0, 0.05) is 10.7 Å². The molecule has 0 saturated heterocycles. The van der Waals surface area contributed by atoms with Crippen molar-refractivity contribution < 1.29 is 36.2 Å². The summed E-state index contributed by atoms with van der Waals surface area (Å²) < 4.78 is 61.5. The number of carboxylic acids is 1. The number of aromatic carboxylic acids is 1. The summed E-state index contributed by atoms with van der Waals surface area (Å²) in [7, 11) is 0.408. The van der Waals surface area contributed by atoms with E-state index in [0.29, 0.717) is 12.1 Å². The average Bonchev–Trinajstić information content (AvgIpc) is 2.12. The number of carbonyl (C=O) groups is 1. The Labute approximate surface area is 103 Å². The van der Waals surface area contributed by atoms with E-state index in [1.165, 1.54) is 0 Å². The number of alkyl halides is 3. The van der Waals surface area contributed by atoms with E-state index in [1.807, 2.05) is 0 Å². The molecular weight excluding hydrogens is 301 g/mol. The van der Waals surface area contributed by atoms with Gasteiger partial charge in [0.25, 0.3) is 9.05 Å². The zero-order valence-electron chi connectivity index (χ0n) is 8.23. The average molecular weight is 305 g/mol. The Hall–Kier alpha value is -1.48. The minimum Gasteiger partial charge on any atom is -0.478 e. The second-order valence-corrected chi connectivity index (χ2v) is 5.49. The lowest BCUT2D eigenvalue weighted by molar-refractivity contribution is -0.275. The smallest absolute Gasteiger partial charge is 0.478 e. The standard InChI is InChI=1S/C8H4ClF3O5S/c9-18(15,16)6-2-1-4(7(13)14)3-5(6)17-8(10,11)12/h1-3H,(H,13,14). The number of hydrogen-bond acceptors (Lipinski definition) is 4. The van der Waals surface area contributed by atoms with E-state index in [1.54, 1.807) is 0 Å². The van der Waals surface area contributed by atoms with Gasteiger partial charge < -0.3 is 9.84 Å². The molecule has 0 bridgehead atoms. The first-order valence-electron chi connectivity index (χ1n) is 4.08. The number of ether oxygens (including phenoxy) is 1.